The maximum atomic E-state index is 12.9. The van der Waals surface area contributed by atoms with Crippen molar-refractivity contribution in [3.05, 3.63) is 64.7 Å². The molecule has 0 aliphatic heterocycles. The Labute approximate surface area is 143 Å². The average molecular weight is 350 g/mol. The number of nitrogens with one attached hydrogen (secondary N) is 2. The smallest absolute Gasteiger partial charge is 0.352 e. The molecule has 0 aliphatic rings. The zero-order valence-electron chi connectivity index (χ0n) is 13.7. The Kier molecular flexibility index (Phi) is 5.46. The molecule has 2 aromatic carbocycles. The van der Waals surface area contributed by atoms with Crippen LogP contribution in [0.5, 0.6) is 0 Å². The van der Waals surface area contributed by atoms with E-state index in [9.17, 15) is 22.8 Å². The van der Waals surface area contributed by atoms with Gasteiger partial charge in [0.15, 0.2) is 0 Å². The Morgan fingerprint density at radius 3 is 2.24 bits per heavy atom. The number of benzene rings is 2. The maximum Gasteiger partial charge on any atom is 0.416 e. The van der Waals surface area contributed by atoms with Gasteiger partial charge in [-0.25, -0.2) is 0 Å². The van der Waals surface area contributed by atoms with E-state index < -0.39 is 17.6 Å². The number of carbonyl (C=O) groups is 2. The predicted octanol–water partition coefficient (Wildman–Crippen LogP) is 3.90. The minimum atomic E-state index is -4.48. The molecular formula is C18H17F3N2O2. The molecule has 0 unspecified atom stereocenters. The molecule has 0 spiro atoms. The van der Waals surface area contributed by atoms with Crippen LogP contribution in [0.3, 0.4) is 0 Å². The van der Waals surface area contributed by atoms with Crippen LogP contribution >= 0.6 is 0 Å². The lowest BCUT2D eigenvalue weighted by Gasteiger charge is -2.13. The van der Waals surface area contributed by atoms with E-state index in [1.807, 2.05) is 0 Å². The van der Waals surface area contributed by atoms with E-state index in [0.717, 1.165) is 11.6 Å². The fourth-order valence-electron chi connectivity index (χ4n) is 2.21. The summed E-state index contributed by atoms with van der Waals surface area (Å²) in [6, 6.07) is 10.1. The first-order valence-corrected chi connectivity index (χ1v) is 7.49. The number of aryl methyl sites for hydroxylation is 1. The Hall–Kier alpha value is -2.83. The molecule has 0 heterocycles. The van der Waals surface area contributed by atoms with Crippen LogP contribution in [-0.4, -0.2) is 11.8 Å². The summed E-state index contributed by atoms with van der Waals surface area (Å²) in [5, 5.41) is 5.09. The van der Waals surface area contributed by atoms with E-state index >= 15 is 0 Å². The zero-order chi connectivity index (χ0) is 18.6. The first-order chi connectivity index (χ1) is 11.7. The van der Waals surface area contributed by atoms with Gasteiger partial charge in [0.25, 0.3) is 5.91 Å². The highest BCUT2D eigenvalue weighted by Gasteiger charge is 2.32. The number of carbonyl (C=O) groups excluding carboxylic acids is 2. The van der Waals surface area contributed by atoms with Crippen LogP contribution in [0.1, 0.15) is 34.0 Å². The minimum absolute atomic E-state index is 0.0743. The van der Waals surface area contributed by atoms with Crippen molar-refractivity contribution < 1.29 is 22.8 Å². The molecule has 2 amide bonds. The molecule has 0 aromatic heterocycles. The van der Waals surface area contributed by atoms with Crippen LogP contribution < -0.4 is 10.6 Å². The van der Waals surface area contributed by atoms with Gasteiger partial charge in [0.05, 0.1) is 5.56 Å². The summed E-state index contributed by atoms with van der Waals surface area (Å²) in [5.74, 6) is -0.676. The lowest BCUT2D eigenvalue weighted by molar-refractivity contribution is -0.138. The third kappa shape index (κ3) is 5.07. The molecule has 132 valence electrons. The average Bonchev–Trinajstić information content (AvgIpc) is 2.54. The number of anilines is 1. The van der Waals surface area contributed by atoms with Gasteiger partial charge < -0.3 is 10.6 Å². The van der Waals surface area contributed by atoms with Gasteiger partial charge in [-0.2, -0.15) is 13.2 Å². The third-order valence-corrected chi connectivity index (χ3v) is 3.56. The van der Waals surface area contributed by atoms with Crippen molar-refractivity contribution in [3.63, 3.8) is 0 Å². The van der Waals surface area contributed by atoms with Crippen LogP contribution in [0, 0.1) is 6.92 Å². The molecule has 0 atom stereocenters. The molecule has 0 saturated heterocycles. The molecule has 25 heavy (non-hydrogen) atoms. The van der Waals surface area contributed by atoms with Crippen LogP contribution in [-0.2, 0) is 17.5 Å². The van der Waals surface area contributed by atoms with Gasteiger partial charge in [0, 0.05) is 24.7 Å². The van der Waals surface area contributed by atoms with Gasteiger partial charge >= 0.3 is 6.18 Å². The third-order valence-electron chi connectivity index (χ3n) is 3.56. The molecule has 4 nitrogen and oxygen atoms in total. The van der Waals surface area contributed by atoms with E-state index in [-0.39, 0.29) is 17.2 Å². The summed E-state index contributed by atoms with van der Waals surface area (Å²) in [6.07, 6.45) is -4.48. The first-order valence-electron chi connectivity index (χ1n) is 7.49. The van der Waals surface area contributed by atoms with Crippen LogP contribution in [0.15, 0.2) is 42.5 Å². The van der Waals surface area contributed by atoms with Crippen LogP contribution in [0.2, 0.25) is 0 Å². The molecular weight excluding hydrogens is 333 g/mol. The standard InChI is InChI=1S/C18H17F3N2O2/c1-11-3-8-15(9-16(11)18(19,20)21)23-17(25)14-6-4-13(5-7-14)10-22-12(2)24/h3-9H,10H2,1-2H3,(H,22,24)(H,23,25). The first kappa shape index (κ1) is 18.5. The summed E-state index contributed by atoms with van der Waals surface area (Å²) >= 11 is 0. The van der Waals surface area contributed by atoms with Crippen molar-refractivity contribution in [3.8, 4) is 0 Å². The summed E-state index contributed by atoms with van der Waals surface area (Å²) in [4.78, 5) is 23.0. The van der Waals surface area contributed by atoms with Crippen molar-refractivity contribution in [2.75, 3.05) is 5.32 Å². The Balaban J connectivity index is 2.10. The van der Waals surface area contributed by atoms with Crippen molar-refractivity contribution in [1.82, 2.24) is 5.32 Å². The van der Waals surface area contributed by atoms with Crippen molar-refractivity contribution in [2.24, 2.45) is 0 Å². The van der Waals surface area contributed by atoms with Gasteiger partial charge in [-0.05, 0) is 42.3 Å². The minimum Gasteiger partial charge on any atom is -0.352 e. The molecule has 2 aromatic rings. The van der Waals surface area contributed by atoms with E-state index in [1.54, 1.807) is 24.3 Å². The topological polar surface area (TPSA) is 58.2 Å². The van der Waals surface area contributed by atoms with E-state index in [4.69, 9.17) is 0 Å². The van der Waals surface area contributed by atoms with E-state index in [0.29, 0.717) is 12.1 Å². The van der Waals surface area contributed by atoms with E-state index in [2.05, 4.69) is 10.6 Å². The predicted molar refractivity (Wildman–Crippen MR) is 88.1 cm³/mol. The van der Waals surface area contributed by atoms with Crippen molar-refractivity contribution in [1.29, 1.82) is 0 Å². The van der Waals surface area contributed by atoms with Gasteiger partial charge in [-0.3, -0.25) is 9.59 Å². The van der Waals surface area contributed by atoms with Gasteiger partial charge in [0.1, 0.15) is 0 Å². The van der Waals surface area contributed by atoms with Gasteiger partial charge in [-0.1, -0.05) is 18.2 Å². The fourth-order valence-corrected chi connectivity index (χ4v) is 2.21. The largest absolute Gasteiger partial charge is 0.416 e. The number of alkyl halides is 3. The molecule has 2 N–H and O–H groups in total. The monoisotopic (exact) mass is 350 g/mol. The molecule has 0 radical (unpaired) electrons. The fraction of sp³-hybridized carbons (Fsp3) is 0.222. The lowest BCUT2D eigenvalue weighted by atomic mass is 10.1. The zero-order valence-corrected chi connectivity index (χ0v) is 13.7. The molecule has 0 aliphatic carbocycles. The van der Waals surface area contributed by atoms with E-state index in [1.165, 1.54) is 26.0 Å². The SMILES string of the molecule is CC(=O)NCc1ccc(C(=O)Nc2ccc(C)c(C(F)(F)F)c2)cc1. The second kappa shape index (κ2) is 7.38. The quantitative estimate of drug-likeness (QED) is 0.879. The molecule has 0 bridgehead atoms. The van der Waals surface area contributed by atoms with Crippen LogP contribution in [0.4, 0.5) is 18.9 Å². The van der Waals surface area contributed by atoms with Crippen LogP contribution in [0.25, 0.3) is 0 Å². The number of amides is 2. The number of hydrogen-bond donors (Lipinski definition) is 2. The Bertz CT molecular complexity index is 784. The van der Waals surface area contributed by atoms with Gasteiger partial charge in [-0.15, -0.1) is 0 Å². The normalized spacial score (nSPS) is 11.1. The molecule has 0 fully saturated rings. The molecule has 0 saturated carbocycles. The highest BCUT2D eigenvalue weighted by molar-refractivity contribution is 6.04. The summed E-state index contributed by atoms with van der Waals surface area (Å²) < 4.78 is 38.8. The van der Waals surface area contributed by atoms with Crippen molar-refractivity contribution in [2.45, 2.75) is 26.6 Å². The second-order valence-corrected chi connectivity index (χ2v) is 5.59. The Morgan fingerprint density at radius 1 is 1.04 bits per heavy atom. The van der Waals surface area contributed by atoms with Crippen molar-refractivity contribution >= 4 is 17.5 Å². The number of hydrogen-bond acceptors (Lipinski definition) is 2. The number of rotatable bonds is 4. The summed E-state index contributed by atoms with van der Waals surface area (Å²) in [7, 11) is 0. The summed E-state index contributed by atoms with van der Waals surface area (Å²) in [5.41, 5.74) is 0.496. The number of halogens is 3. The highest BCUT2D eigenvalue weighted by Crippen LogP contribution is 2.33. The van der Waals surface area contributed by atoms with Gasteiger partial charge in [0.2, 0.25) is 5.91 Å². The second-order valence-electron chi connectivity index (χ2n) is 5.59. The summed E-state index contributed by atoms with van der Waals surface area (Å²) in [6.45, 7) is 3.10. The maximum absolute atomic E-state index is 12.9. The highest BCUT2D eigenvalue weighted by atomic mass is 19.4. The molecule has 7 heteroatoms. The molecule has 2 rings (SSSR count). The Morgan fingerprint density at radius 2 is 1.68 bits per heavy atom. The lowest BCUT2D eigenvalue weighted by Crippen LogP contribution is -2.19.